The van der Waals surface area contributed by atoms with E-state index in [0.717, 1.165) is 22.2 Å². The Bertz CT molecular complexity index is 511. The second kappa shape index (κ2) is 5.56. The summed E-state index contributed by atoms with van der Waals surface area (Å²) in [6.07, 6.45) is 0.809. The van der Waals surface area contributed by atoms with Crippen molar-refractivity contribution in [2.75, 3.05) is 7.11 Å². The predicted molar refractivity (Wildman–Crippen MR) is 75.0 cm³/mol. The summed E-state index contributed by atoms with van der Waals surface area (Å²) in [5.41, 5.74) is 2.32. The summed E-state index contributed by atoms with van der Waals surface area (Å²) < 4.78 is 6.29. The average Bonchev–Trinajstić information content (AvgIpc) is 2.30. The van der Waals surface area contributed by atoms with E-state index >= 15 is 0 Å². The number of hydrogen-bond acceptors (Lipinski definition) is 1. The largest absolute Gasteiger partial charge is 0.495 e. The second-order valence-corrected chi connectivity index (χ2v) is 5.03. The first-order valence-electron chi connectivity index (χ1n) is 5.26. The van der Waals surface area contributed by atoms with Crippen LogP contribution in [-0.4, -0.2) is 7.11 Å². The second-order valence-electron chi connectivity index (χ2n) is 3.74. The fourth-order valence-electron chi connectivity index (χ4n) is 1.79. The number of methoxy groups -OCH3 is 1. The summed E-state index contributed by atoms with van der Waals surface area (Å²) in [5.74, 6) is 0.846. The van der Waals surface area contributed by atoms with E-state index in [9.17, 15) is 0 Å². The van der Waals surface area contributed by atoms with E-state index in [0.29, 0.717) is 5.02 Å². The molecule has 0 heterocycles. The smallest absolute Gasteiger partial charge is 0.136 e. The van der Waals surface area contributed by atoms with Gasteiger partial charge in [-0.1, -0.05) is 41.9 Å². The van der Waals surface area contributed by atoms with Crippen LogP contribution in [0.4, 0.5) is 0 Å². The fraction of sp³-hybridized carbons (Fsp3) is 0.143. The summed E-state index contributed by atoms with van der Waals surface area (Å²) in [7, 11) is 1.67. The first kappa shape index (κ1) is 12.5. The quantitative estimate of drug-likeness (QED) is 0.798. The molecule has 0 fully saturated rings. The minimum atomic E-state index is 0.712. The van der Waals surface area contributed by atoms with Crippen LogP contribution in [0.15, 0.2) is 46.9 Å². The van der Waals surface area contributed by atoms with E-state index in [1.807, 2.05) is 30.3 Å². The number of ether oxygens (including phenoxy) is 1. The van der Waals surface area contributed by atoms with Crippen molar-refractivity contribution in [3.05, 3.63) is 63.1 Å². The average molecular weight is 312 g/mol. The van der Waals surface area contributed by atoms with Crippen molar-refractivity contribution in [1.29, 1.82) is 0 Å². The maximum absolute atomic E-state index is 6.06. The van der Waals surface area contributed by atoms with Gasteiger partial charge in [0.1, 0.15) is 5.75 Å². The van der Waals surface area contributed by atoms with Crippen LogP contribution in [0.2, 0.25) is 5.02 Å². The first-order valence-corrected chi connectivity index (χ1v) is 6.43. The molecule has 0 aliphatic heterocycles. The van der Waals surface area contributed by atoms with Gasteiger partial charge in [0.15, 0.2) is 0 Å². The van der Waals surface area contributed by atoms with Crippen molar-refractivity contribution >= 4 is 27.5 Å². The highest BCUT2D eigenvalue weighted by atomic mass is 79.9. The first-order chi connectivity index (χ1) is 8.20. The van der Waals surface area contributed by atoms with Gasteiger partial charge in [-0.25, -0.2) is 0 Å². The third kappa shape index (κ3) is 3.02. The van der Waals surface area contributed by atoms with Gasteiger partial charge in [-0.2, -0.15) is 0 Å². The predicted octanol–water partition coefficient (Wildman–Crippen LogP) is 4.70. The van der Waals surface area contributed by atoms with Crippen molar-refractivity contribution < 1.29 is 4.74 Å². The number of halogens is 2. The molecule has 0 radical (unpaired) electrons. The molecule has 0 saturated carbocycles. The van der Waals surface area contributed by atoms with Crippen LogP contribution < -0.4 is 4.74 Å². The minimum Gasteiger partial charge on any atom is -0.495 e. The highest BCUT2D eigenvalue weighted by Crippen LogP contribution is 2.33. The summed E-state index contributed by atoms with van der Waals surface area (Å²) in [6, 6.07) is 14.0. The molecule has 0 spiro atoms. The maximum atomic E-state index is 6.06. The molecule has 2 rings (SSSR count). The van der Waals surface area contributed by atoms with E-state index < -0.39 is 0 Å². The van der Waals surface area contributed by atoms with Gasteiger partial charge in [-0.15, -0.1) is 0 Å². The summed E-state index contributed by atoms with van der Waals surface area (Å²) in [6.45, 7) is 0. The van der Waals surface area contributed by atoms with E-state index in [-0.39, 0.29) is 0 Å². The molecule has 0 unspecified atom stereocenters. The van der Waals surface area contributed by atoms with Gasteiger partial charge in [0.05, 0.1) is 11.6 Å². The van der Waals surface area contributed by atoms with Gasteiger partial charge in [-0.05, 0) is 33.6 Å². The molecule has 0 saturated heterocycles. The Kier molecular flexibility index (Phi) is 4.08. The zero-order valence-electron chi connectivity index (χ0n) is 9.41. The molecular weight excluding hydrogens is 300 g/mol. The van der Waals surface area contributed by atoms with Crippen LogP contribution in [0.1, 0.15) is 11.1 Å². The Morgan fingerprint density at radius 2 is 1.88 bits per heavy atom. The van der Waals surface area contributed by atoms with Crippen molar-refractivity contribution in [2.24, 2.45) is 0 Å². The van der Waals surface area contributed by atoms with E-state index in [1.165, 1.54) is 5.56 Å². The Balaban J connectivity index is 2.38. The Hall–Kier alpha value is -0.990. The fourth-order valence-corrected chi connectivity index (χ4v) is 2.83. The molecule has 2 aromatic carbocycles. The molecule has 0 amide bonds. The Labute approximate surface area is 115 Å². The van der Waals surface area contributed by atoms with E-state index in [2.05, 4.69) is 28.1 Å². The van der Waals surface area contributed by atoms with Crippen LogP contribution in [-0.2, 0) is 6.42 Å². The Morgan fingerprint density at radius 3 is 2.53 bits per heavy atom. The zero-order chi connectivity index (χ0) is 12.3. The van der Waals surface area contributed by atoms with E-state index in [1.54, 1.807) is 7.11 Å². The lowest BCUT2D eigenvalue weighted by Crippen LogP contribution is -1.95. The van der Waals surface area contributed by atoms with Crippen molar-refractivity contribution in [3.63, 3.8) is 0 Å². The summed E-state index contributed by atoms with van der Waals surface area (Å²) in [4.78, 5) is 0. The molecule has 0 atom stereocenters. The van der Waals surface area contributed by atoms with Gasteiger partial charge in [-0.3, -0.25) is 0 Å². The molecular formula is C14H12BrClO. The SMILES string of the molecule is COc1c(Br)cc(Cl)cc1Cc1ccccc1. The molecule has 3 heteroatoms. The molecule has 1 nitrogen and oxygen atoms in total. The van der Waals surface area contributed by atoms with Crippen LogP contribution in [0.3, 0.4) is 0 Å². The third-order valence-electron chi connectivity index (χ3n) is 2.53. The van der Waals surface area contributed by atoms with E-state index in [4.69, 9.17) is 16.3 Å². The van der Waals surface area contributed by atoms with Gasteiger partial charge < -0.3 is 4.74 Å². The van der Waals surface area contributed by atoms with Crippen LogP contribution in [0.25, 0.3) is 0 Å². The van der Waals surface area contributed by atoms with Gasteiger partial charge in [0.2, 0.25) is 0 Å². The molecule has 0 aliphatic carbocycles. The van der Waals surface area contributed by atoms with Gasteiger partial charge in [0.25, 0.3) is 0 Å². The van der Waals surface area contributed by atoms with Gasteiger partial charge in [0, 0.05) is 17.0 Å². The molecule has 0 bridgehead atoms. The lowest BCUT2D eigenvalue weighted by molar-refractivity contribution is 0.408. The van der Waals surface area contributed by atoms with Crippen molar-refractivity contribution in [2.45, 2.75) is 6.42 Å². The molecule has 2 aromatic rings. The maximum Gasteiger partial charge on any atom is 0.136 e. The number of hydrogen-bond donors (Lipinski definition) is 0. The Morgan fingerprint density at radius 1 is 1.18 bits per heavy atom. The van der Waals surface area contributed by atoms with Crippen LogP contribution in [0.5, 0.6) is 5.75 Å². The zero-order valence-corrected chi connectivity index (χ0v) is 11.8. The van der Waals surface area contributed by atoms with Gasteiger partial charge >= 0.3 is 0 Å². The lowest BCUT2D eigenvalue weighted by Gasteiger charge is -2.11. The molecule has 0 aliphatic rings. The monoisotopic (exact) mass is 310 g/mol. The highest BCUT2D eigenvalue weighted by Gasteiger charge is 2.09. The van der Waals surface area contributed by atoms with Crippen LogP contribution >= 0.6 is 27.5 Å². The normalized spacial score (nSPS) is 10.3. The lowest BCUT2D eigenvalue weighted by atomic mass is 10.0. The summed E-state index contributed by atoms with van der Waals surface area (Å²) >= 11 is 9.52. The molecule has 88 valence electrons. The molecule has 0 N–H and O–H groups in total. The molecule has 17 heavy (non-hydrogen) atoms. The standard InChI is InChI=1S/C14H12BrClO/c1-17-14-11(8-12(16)9-13(14)15)7-10-5-3-2-4-6-10/h2-6,8-9H,7H2,1H3. The highest BCUT2D eigenvalue weighted by molar-refractivity contribution is 9.10. The number of benzene rings is 2. The number of rotatable bonds is 3. The van der Waals surface area contributed by atoms with Crippen molar-refractivity contribution in [1.82, 2.24) is 0 Å². The van der Waals surface area contributed by atoms with Crippen LogP contribution in [0, 0.1) is 0 Å². The minimum absolute atomic E-state index is 0.712. The third-order valence-corrected chi connectivity index (χ3v) is 3.33. The topological polar surface area (TPSA) is 9.23 Å². The van der Waals surface area contributed by atoms with Crippen molar-refractivity contribution in [3.8, 4) is 5.75 Å². The molecule has 0 aromatic heterocycles. The summed E-state index contributed by atoms with van der Waals surface area (Å²) in [5, 5.41) is 0.712.